The van der Waals surface area contributed by atoms with E-state index in [0.717, 1.165) is 17.9 Å². The zero-order valence-corrected chi connectivity index (χ0v) is 12.9. The highest BCUT2D eigenvalue weighted by Gasteiger charge is 2.17. The van der Waals surface area contributed by atoms with Crippen LogP contribution in [0.15, 0.2) is 12.3 Å². The zero-order valence-electron chi connectivity index (χ0n) is 12.1. The lowest BCUT2D eigenvalue weighted by Gasteiger charge is -2.24. The highest BCUT2D eigenvalue weighted by atomic mass is 35.5. The third-order valence-corrected chi connectivity index (χ3v) is 4.34. The second-order valence-corrected chi connectivity index (χ2v) is 6.11. The minimum atomic E-state index is -0.148. The molecule has 1 fully saturated rings. The van der Waals surface area contributed by atoms with Crippen molar-refractivity contribution in [2.45, 2.75) is 39.0 Å². The minimum absolute atomic E-state index is 0.148. The molecule has 6 heteroatoms. The Hall–Kier alpha value is -1.62. The molecule has 0 unspecified atom stereocenters. The van der Waals surface area contributed by atoms with Crippen molar-refractivity contribution in [1.82, 2.24) is 19.9 Å². The summed E-state index contributed by atoms with van der Waals surface area (Å²) in [6.07, 6.45) is 7.85. The molecular formula is C15H19ClN4O. The molecule has 112 valence electrons. The number of carbonyl (C=O) groups excluding carboxylic acids is 1. The Morgan fingerprint density at radius 3 is 3.05 bits per heavy atom. The topological polar surface area (TPSA) is 59.3 Å². The van der Waals surface area contributed by atoms with E-state index in [2.05, 4.69) is 15.4 Å². The summed E-state index contributed by atoms with van der Waals surface area (Å²) in [5, 5.41) is 7.45. The maximum Gasteiger partial charge on any atom is 0.271 e. The molecule has 1 aliphatic carbocycles. The van der Waals surface area contributed by atoms with Gasteiger partial charge in [-0.2, -0.15) is 5.10 Å². The smallest absolute Gasteiger partial charge is 0.271 e. The van der Waals surface area contributed by atoms with Crippen LogP contribution in [0.3, 0.4) is 0 Å². The van der Waals surface area contributed by atoms with Gasteiger partial charge in [0.05, 0.1) is 6.20 Å². The summed E-state index contributed by atoms with van der Waals surface area (Å²) in [6, 6.07) is 1.74. The number of amides is 1. The van der Waals surface area contributed by atoms with E-state index in [4.69, 9.17) is 11.6 Å². The largest absolute Gasteiger partial charge is 0.351 e. The summed E-state index contributed by atoms with van der Waals surface area (Å²) in [4.78, 5) is 16.5. The highest BCUT2D eigenvalue weighted by molar-refractivity contribution is 6.29. The van der Waals surface area contributed by atoms with Crippen molar-refractivity contribution in [2.75, 3.05) is 6.54 Å². The van der Waals surface area contributed by atoms with Crippen molar-refractivity contribution >= 4 is 23.2 Å². The fourth-order valence-corrected chi connectivity index (χ4v) is 2.94. The predicted octanol–water partition coefficient (Wildman–Crippen LogP) is 3.00. The first-order valence-electron chi connectivity index (χ1n) is 7.44. The molecule has 2 heterocycles. The van der Waals surface area contributed by atoms with Gasteiger partial charge in [0.1, 0.15) is 5.15 Å². The molecule has 0 spiro atoms. The van der Waals surface area contributed by atoms with Crippen molar-refractivity contribution in [1.29, 1.82) is 0 Å². The number of hydrogen-bond donors (Lipinski definition) is 1. The molecule has 3 rings (SSSR count). The van der Waals surface area contributed by atoms with Gasteiger partial charge >= 0.3 is 0 Å². The summed E-state index contributed by atoms with van der Waals surface area (Å²) < 4.78 is 1.51. The Kier molecular flexibility index (Phi) is 4.10. The van der Waals surface area contributed by atoms with E-state index < -0.39 is 0 Å². The molecule has 2 aromatic rings. The normalized spacial score (nSPS) is 15.1. The van der Waals surface area contributed by atoms with E-state index in [9.17, 15) is 4.79 Å². The second-order valence-electron chi connectivity index (χ2n) is 5.72. The van der Waals surface area contributed by atoms with Crippen LogP contribution >= 0.6 is 11.6 Å². The van der Waals surface area contributed by atoms with Gasteiger partial charge in [0.2, 0.25) is 0 Å². The highest BCUT2D eigenvalue weighted by Crippen LogP contribution is 2.30. The fraction of sp³-hybridized carbons (Fsp3) is 0.533. The van der Waals surface area contributed by atoms with Gasteiger partial charge < -0.3 is 5.32 Å². The molecular weight excluding hydrogens is 288 g/mol. The Balaban J connectivity index is 1.64. The molecule has 21 heavy (non-hydrogen) atoms. The van der Waals surface area contributed by atoms with Gasteiger partial charge in [-0.25, -0.2) is 9.50 Å². The molecule has 0 bridgehead atoms. The van der Waals surface area contributed by atoms with Crippen LogP contribution < -0.4 is 5.32 Å². The molecule has 0 aliphatic heterocycles. The molecule has 0 saturated heterocycles. The van der Waals surface area contributed by atoms with Crippen LogP contribution in [-0.2, 0) is 0 Å². The van der Waals surface area contributed by atoms with Gasteiger partial charge in [-0.1, -0.05) is 30.9 Å². The number of carbonyl (C=O) groups is 1. The standard InChI is InChI=1S/C15H19ClN4O/c1-10-8-13(16)19-20-12(9-18-14(10)20)15(21)17-7-3-6-11-4-2-5-11/h8-9,11H,2-7H2,1H3,(H,17,21). The van der Waals surface area contributed by atoms with Gasteiger partial charge in [0.25, 0.3) is 5.91 Å². The number of aryl methyl sites for hydroxylation is 1. The molecule has 1 amide bonds. The molecule has 0 radical (unpaired) electrons. The fourth-order valence-electron chi connectivity index (χ4n) is 2.70. The lowest BCUT2D eigenvalue weighted by Crippen LogP contribution is -2.27. The summed E-state index contributed by atoms with van der Waals surface area (Å²) in [7, 11) is 0. The number of nitrogens with zero attached hydrogens (tertiary/aromatic N) is 3. The van der Waals surface area contributed by atoms with E-state index in [0.29, 0.717) is 23.0 Å². The zero-order chi connectivity index (χ0) is 14.8. The van der Waals surface area contributed by atoms with Gasteiger partial charge in [-0.05, 0) is 37.3 Å². The Bertz CT molecular complexity index is 663. The number of hydrogen-bond acceptors (Lipinski definition) is 3. The average Bonchev–Trinajstić information content (AvgIpc) is 2.80. The SMILES string of the molecule is Cc1cc(Cl)nn2c(C(=O)NCCCC3CCC3)cnc12. The first-order valence-corrected chi connectivity index (χ1v) is 7.82. The van der Waals surface area contributed by atoms with Crippen molar-refractivity contribution in [3.05, 3.63) is 28.7 Å². The predicted molar refractivity (Wildman–Crippen MR) is 81.6 cm³/mol. The van der Waals surface area contributed by atoms with Crippen molar-refractivity contribution in [2.24, 2.45) is 5.92 Å². The van der Waals surface area contributed by atoms with Crippen LogP contribution in [-0.4, -0.2) is 27.0 Å². The number of aromatic nitrogens is 3. The molecule has 5 nitrogen and oxygen atoms in total. The van der Waals surface area contributed by atoms with Gasteiger partial charge in [-0.3, -0.25) is 4.79 Å². The monoisotopic (exact) mass is 306 g/mol. The van der Waals surface area contributed by atoms with Crippen LogP contribution in [0.5, 0.6) is 0 Å². The third kappa shape index (κ3) is 3.02. The summed E-state index contributed by atoms with van der Waals surface area (Å²) >= 11 is 5.95. The van der Waals surface area contributed by atoms with Crippen LogP contribution in [0.1, 0.15) is 48.2 Å². The molecule has 0 atom stereocenters. The number of rotatable bonds is 5. The van der Waals surface area contributed by atoms with E-state index in [-0.39, 0.29) is 5.91 Å². The van der Waals surface area contributed by atoms with E-state index in [1.54, 1.807) is 12.3 Å². The van der Waals surface area contributed by atoms with Crippen LogP contribution in [0, 0.1) is 12.8 Å². The Morgan fingerprint density at radius 2 is 2.33 bits per heavy atom. The van der Waals surface area contributed by atoms with Gasteiger partial charge in [0.15, 0.2) is 11.3 Å². The number of fused-ring (bicyclic) bond motifs is 1. The maximum absolute atomic E-state index is 12.2. The van der Waals surface area contributed by atoms with Crippen LogP contribution in [0.4, 0.5) is 0 Å². The molecule has 0 aromatic carbocycles. The molecule has 1 N–H and O–H groups in total. The third-order valence-electron chi connectivity index (χ3n) is 4.15. The van der Waals surface area contributed by atoms with Crippen LogP contribution in [0.25, 0.3) is 5.65 Å². The molecule has 1 aliphatic rings. The van der Waals surface area contributed by atoms with Crippen molar-refractivity contribution in [3.8, 4) is 0 Å². The molecule has 2 aromatic heterocycles. The van der Waals surface area contributed by atoms with Gasteiger partial charge in [-0.15, -0.1) is 0 Å². The average molecular weight is 307 g/mol. The van der Waals surface area contributed by atoms with Crippen molar-refractivity contribution in [3.63, 3.8) is 0 Å². The lowest BCUT2D eigenvalue weighted by atomic mass is 9.82. The lowest BCUT2D eigenvalue weighted by molar-refractivity contribution is 0.0944. The number of nitrogens with one attached hydrogen (secondary N) is 1. The first kappa shape index (κ1) is 14.3. The Morgan fingerprint density at radius 1 is 1.52 bits per heavy atom. The van der Waals surface area contributed by atoms with Crippen molar-refractivity contribution < 1.29 is 4.79 Å². The van der Waals surface area contributed by atoms with Gasteiger partial charge in [0, 0.05) is 6.54 Å². The van der Waals surface area contributed by atoms with Crippen LogP contribution in [0.2, 0.25) is 5.15 Å². The Labute approximate surface area is 128 Å². The van der Waals surface area contributed by atoms with E-state index in [1.165, 1.54) is 30.2 Å². The number of imidazole rings is 1. The summed E-state index contributed by atoms with van der Waals surface area (Å²) in [6.45, 7) is 2.60. The van der Waals surface area contributed by atoms with E-state index in [1.807, 2.05) is 6.92 Å². The second kappa shape index (κ2) is 6.02. The quantitative estimate of drug-likeness (QED) is 0.864. The minimum Gasteiger partial charge on any atom is -0.351 e. The first-order chi connectivity index (χ1) is 10.1. The molecule has 1 saturated carbocycles. The summed E-state index contributed by atoms with van der Waals surface area (Å²) in [5.74, 6) is 0.728. The van der Waals surface area contributed by atoms with E-state index >= 15 is 0 Å². The maximum atomic E-state index is 12.2. The number of halogens is 1. The summed E-state index contributed by atoms with van der Waals surface area (Å²) in [5.41, 5.74) is 2.00.